The molecule has 2 N–H and O–H groups in total. The number of rotatable bonds is 6. The zero-order valence-corrected chi connectivity index (χ0v) is 10.3. The van der Waals surface area contributed by atoms with Crippen LogP contribution in [0.4, 0.5) is 5.69 Å². The summed E-state index contributed by atoms with van der Waals surface area (Å²) >= 11 is 0. The summed E-state index contributed by atoms with van der Waals surface area (Å²) in [5.41, 5.74) is 1.30. The van der Waals surface area contributed by atoms with Crippen molar-refractivity contribution < 1.29 is 9.90 Å². The lowest BCUT2D eigenvalue weighted by Crippen LogP contribution is -2.33. The topological polar surface area (TPSA) is 65.5 Å². The third-order valence-corrected chi connectivity index (χ3v) is 2.40. The van der Waals surface area contributed by atoms with E-state index in [4.69, 9.17) is 5.11 Å². The van der Waals surface area contributed by atoms with E-state index in [-0.39, 0.29) is 12.5 Å². The van der Waals surface area contributed by atoms with Gasteiger partial charge in [0.1, 0.15) is 5.69 Å². The first kappa shape index (κ1) is 13.4. The lowest BCUT2D eigenvalue weighted by Gasteiger charge is -2.19. The number of hydrogen-bond acceptors (Lipinski definition) is 4. The van der Waals surface area contributed by atoms with Gasteiger partial charge in [0.25, 0.3) is 5.91 Å². The van der Waals surface area contributed by atoms with Gasteiger partial charge in [0, 0.05) is 19.6 Å². The summed E-state index contributed by atoms with van der Waals surface area (Å²) < 4.78 is 0. The molecule has 0 atom stereocenters. The largest absolute Gasteiger partial charge is 0.395 e. The molecular weight excluding hydrogens is 218 g/mol. The van der Waals surface area contributed by atoms with Gasteiger partial charge in [-0.3, -0.25) is 4.79 Å². The number of nitrogens with zero attached hydrogens (tertiary/aromatic N) is 2. The van der Waals surface area contributed by atoms with Gasteiger partial charge in [-0.05, 0) is 26.0 Å². The predicted octanol–water partition coefficient (Wildman–Crippen LogP) is 0.968. The number of aliphatic hydroxyl groups is 1. The first-order valence-corrected chi connectivity index (χ1v) is 5.83. The molecule has 0 saturated heterocycles. The molecule has 0 fully saturated rings. The average Bonchev–Trinajstić information content (AvgIpc) is 2.36. The van der Waals surface area contributed by atoms with E-state index >= 15 is 0 Å². The Morgan fingerprint density at radius 3 is 2.71 bits per heavy atom. The standard InChI is InChI=1S/C12H19N3O2/c1-3-13-10-5-6-11(14-9-10)12(17)15(4-2)7-8-16/h5-6,9,13,16H,3-4,7-8H2,1-2H3. The van der Waals surface area contributed by atoms with Crippen molar-refractivity contribution in [2.45, 2.75) is 13.8 Å². The normalized spacial score (nSPS) is 10.1. The maximum absolute atomic E-state index is 12.0. The Morgan fingerprint density at radius 1 is 1.47 bits per heavy atom. The van der Waals surface area contributed by atoms with Crippen molar-refractivity contribution in [1.29, 1.82) is 0 Å². The highest BCUT2D eigenvalue weighted by Crippen LogP contribution is 2.07. The van der Waals surface area contributed by atoms with E-state index in [0.29, 0.717) is 18.8 Å². The number of nitrogens with one attached hydrogen (secondary N) is 1. The van der Waals surface area contributed by atoms with Gasteiger partial charge in [-0.25, -0.2) is 4.98 Å². The summed E-state index contributed by atoms with van der Waals surface area (Å²) in [6.45, 7) is 5.57. The van der Waals surface area contributed by atoms with Crippen LogP contribution in [0, 0.1) is 0 Å². The van der Waals surface area contributed by atoms with Crippen molar-refractivity contribution >= 4 is 11.6 Å². The van der Waals surface area contributed by atoms with Gasteiger partial charge in [-0.1, -0.05) is 0 Å². The Morgan fingerprint density at radius 2 is 2.24 bits per heavy atom. The zero-order valence-electron chi connectivity index (χ0n) is 10.3. The third-order valence-electron chi connectivity index (χ3n) is 2.40. The SMILES string of the molecule is CCNc1ccc(C(=O)N(CC)CCO)nc1. The molecule has 0 radical (unpaired) electrons. The van der Waals surface area contributed by atoms with Gasteiger partial charge in [0.15, 0.2) is 0 Å². The molecule has 0 aliphatic carbocycles. The van der Waals surface area contributed by atoms with Crippen LogP contribution in [-0.2, 0) is 0 Å². The van der Waals surface area contributed by atoms with E-state index in [2.05, 4.69) is 10.3 Å². The number of amides is 1. The maximum atomic E-state index is 12.0. The van der Waals surface area contributed by atoms with Crippen LogP contribution in [0.5, 0.6) is 0 Å². The van der Waals surface area contributed by atoms with Crippen LogP contribution in [0.15, 0.2) is 18.3 Å². The number of hydrogen-bond donors (Lipinski definition) is 2. The number of likely N-dealkylation sites (N-methyl/N-ethyl adjacent to an activating group) is 1. The molecule has 17 heavy (non-hydrogen) atoms. The first-order chi connectivity index (χ1) is 8.22. The van der Waals surface area contributed by atoms with Crippen LogP contribution in [0.2, 0.25) is 0 Å². The molecule has 1 aromatic rings. The Hall–Kier alpha value is -1.62. The third kappa shape index (κ3) is 3.71. The summed E-state index contributed by atoms with van der Waals surface area (Å²) in [5, 5.41) is 12.0. The lowest BCUT2D eigenvalue weighted by molar-refractivity contribution is 0.0726. The molecule has 0 unspecified atom stereocenters. The van der Waals surface area contributed by atoms with Gasteiger partial charge in [-0.15, -0.1) is 0 Å². The lowest BCUT2D eigenvalue weighted by atomic mass is 10.3. The fourth-order valence-electron chi connectivity index (χ4n) is 1.52. The minimum Gasteiger partial charge on any atom is -0.395 e. The van der Waals surface area contributed by atoms with Crippen LogP contribution >= 0.6 is 0 Å². The van der Waals surface area contributed by atoms with Gasteiger partial charge < -0.3 is 15.3 Å². The fourth-order valence-corrected chi connectivity index (χ4v) is 1.52. The first-order valence-electron chi connectivity index (χ1n) is 5.83. The van der Waals surface area contributed by atoms with E-state index in [1.807, 2.05) is 19.9 Å². The van der Waals surface area contributed by atoms with Crippen molar-refractivity contribution in [3.05, 3.63) is 24.0 Å². The second-order valence-corrected chi connectivity index (χ2v) is 3.57. The smallest absolute Gasteiger partial charge is 0.272 e. The molecule has 1 heterocycles. The minimum atomic E-state index is -0.149. The molecule has 0 aliphatic heterocycles. The molecule has 0 aromatic carbocycles. The highest BCUT2D eigenvalue weighted by molar-refractivity contribution is 5.92. The minimum absolute atomic E-state index is 0.0327. The van der Waals surface area contributed by atoms with Crippen LogP contribution in [0.25, 0.3) is 0 Å². The summed E-state index contributed by atoms with van der Waals surface area (Å²) in [6.07, 6.45) is 1.64. The summed E-state index contributed by atoms with van der Waals surface area (Å²) in [7, 11) is 0. The van der Waals surface area contributed by atoms with E-state index < -0.39 is 0 Å². The molecule has 1 amide bonds. The number of aromatic nitrogens is 1. The molecule has 5 nitrogen and oxygen atoms in total. The van der Waals surface area contributed by atoms with Gasteiger partial charge in [-0.2, -0.15) is 0 Å². The monoisotopic (exact) mass is 237 g/mol. The molecule has 5 heteroatoms. The summed E-state index contributed by atoms with van der Waals surface area (Å²) in [5.74, 6) is -0.149. The number of pyridine rings is 1. The molecule has 0 aliphatic rings. The van der Waals surface area contributed by atoms with Gasteiger partial charge in [0.05, 0.1) is 18.5 Å². The Kier molecular flexibility index (Phi) is 5.42. The molecular formula is C12H19N3O2. The molecule has 0 saturated carbocycles. The number of anilines is 1. The molecule has 1 aromatic heterocycles. The number of carbonyl (C=O) groups is 1. The highest BCUT2D eigenvalue weighted by Gasteiger charge is 2.14. The van der Waals surface area contributed by atoms with Gasteiger partial charge in [0.2, 0.25) is 0 Å². The van der Waals surface area contributed by atoms with Crippen LogP contribution < -0.4 is 5.32 Å². The van der Waals surface area contributed by atoms with Crippen molar-refractivity contribution in [3.63, 3.8) is 0 Å². The zero-order chi connectivity index (χ0) is 12.7. The Labute approximate surface area is 101 Å². The number of carbonyl (C=O) groups excluding carboxylic acids is 1. The predicted molar refractivity (Wildman–Crippen MR) is 67.1 cm³/mol. The van der Waals surface area contributed by atoms with Crippen LogP contribution in [0.3, 0.4) is 0 Å². The van der Waals surface area contributed by atoms with Gasteiger partial charge >= 0.3 is 0 Å². The van der Waals surface area contributed by atoms with Crippen LogP contribution in [0.1, 0.15) is 24.3 Å². The van der Waals surface area contributed by atoms with E-state index in [0.717, 1.165) is 12.2 Å². The second kappa shape index (κ2) is 6.85. The van der Waals surface area contributed by atoms with E-state index in [1.54, 1.807) is 17.2 Å². The highest BCUT2D eigenvalue weighted by atomic mass is 16.3. The van der Waals surface area contributed by atoms with E-state index in [1.165, 1.54) is 0 Å². The van der Waals surface area contributed by atoms with Crippen molar-refractivity contribution in [1.82, 2.24) is 9.88 Å². The quantitative estimate of drug-likeness (QED) is 0.773. The number of aliphatic hydroxyl groups excluding tert-OH is 1. The average molecular weight is 237 g/mol. The summed E-state index contributed by atoms with van der Waals surface area (Å²) in [4.78, 5) is 17.6. The molecule has 94 valence electrons. The molecule has 0 bridgehead atoms. The Bertz CT molecular complexity index is 351. The molecule has 0 spiro atoms. The van der Waals surface area contributed by atoms with Crippen molar-refractivity contribution in [2.24, 2.45) is 0 Å². The Balaban J connectivity index is 2.74. The van der Waals surface area contributed by atoms with Crippen molar-refractivity contribution in [2.75, 3.05) is 31.6 Å². The molecule has 1 rings (SSSR count). The van der Waals surface area contributed by atoms with E-state index in [9.17, 15) is 4.79 Å². The maximum Gasteiger partial charge on any atom is 0.272 e. The second-order valence-electron chi connectivity index (χ2n) is 3.57. The fraction of sp³-hybridized carbons (Fsp3) is 0.500. The van der Waals surface area contributed by atoms with Crippen LogP contribution in [-0.4, -0.2) is 47.1 Å². The van der Waals surface area contributed by atoms with Crippen molar-refractivity contribution in [3.8, 4) is 0 Å². The summed E-state index contributed by atoms with van der Waals surface area (Å²) in [6, 6.07) is 3.52.